The van der Waals surface area contributed by atoms with Gasteiger partial charge in [0.05, 0.1) is 9.85 Å². The van der Waals surface area contributed by atoms with Crippen molar-refractivity contribution in [2.24, 2.45) is 0 Å². The van der Waals surface area contributed by atoms with E-state index in [1.807, 2.05) is 0 Å². The second-order valence-corrected chi connectivity index (χ2v) is 2.70. The van der Waals surface area contributed by atoms with Crippen LogP contribution in [-0.2, 0) is 4.79 Å². The van der Waals surface area contributed by atoms with E-state index in [1.54, 1.807) is 0 Å². The number of nitrogens with zero attached hydrogens (tertiary/aromatic N) is 2. The molecule has 2 unspecified atom stereocenters. The summed E-state index contributed by atoms with van der Waals surface area (Å²) in [7, 11) is 0. The third-order valence-electron chi connectivity index (χ3n) is 1.75. The Balaban J connectivity index is 5.33. The van der Waals surface area contributed by atoms with Gasteiger partial charge in [0.2, 0.25) is 0 Å². The molecule has 0 saturated carbocycles. The third-order valence-corrected chi connectivity index (χ3v) is 1.75. The molecule has 0 aliphatic carbocycles. The Morgan fingerprint density at radius 3 is 1.60 bits per heavy atom. The summed E-state index contributed by atoms with van der Waals surface area (Å²) in [6.45, 7) is 0.569. The average molecular weight is 224 g/mol. The number of rotatable bonds is 5. The zero-order chi connectivity index (χ0) is 12.4. The summed E-state index contributed by atoms with van der Waals surface area (Å²) < 4.78 is 0. The first-order valence-electron chi connectivity index (χ1n) is 3.52. The maximum Gasteiger partial charge on any atom is 0.359 e. The van der Waals surface area contributed by atoms with E-state index in [1.165, 1.54) is 0 Å². The summed E-state index contributed by atoms with van der Waals surface area (Å²) in [6, 6.07) is 0. The molecule has 0 saturated heterocycles. The standard InChI is InChI=1S/C5H8N2O8/c1-2(8)5(11,3(9)6(12)13)4(10)7(14)15/h3-4,9-11H,1H3. The number of aliphatic hydroxyl groups excluding tert-OH is 2. The van der Waals surface area contributed by atoms with E-state index >= 15 is 0 Å². The molecule has 0 aliphatic heterocycles. The van der Waals surface area contributed by atoms with Crippen molar-refractivity contribution in [2.45, 2.75) is 25.0 Å². The van der Waals surface area contributed by atoms with Crippen molar-refractivity contribution in [3.63, 3.8) is 0 Å². The van der Waals surface area contributed by atoms with Gasteiger partial charge in [-0.15, -0.1) is 0 Å². The van der Waals surface area contributed by atoms with Crippen molar-refractivity contribution >= 4 is 5.78 Å². The van der Waals surface area contributed by atoms with Crippen molar-refractivity contribution in [1.82, 2.24) is 0 Å². The molecule has 2 atom stereocenters. The highest BCUT2D eigenvalue weighted by atomic mass is 16.7. The zero-order valence-corrected chi connectivity index (χ0v) is 7.43. The van der Waals surface area contributed by atoms with E-state index in [0.717, 1.165) is 0 Å². The molecule has 0 spiro atoms. The number of carbonyl (C=O) groups is 1. The smallest absolute Gasteiger partial charge is 0.359 e. The lowest BCUT2D eigenvalue weighted by Crippen LogP contribution is -2.62. The lowest BCUT2D eigenvalue weighted by atomic mass is 9.95. The van der Waals surface area contributed by atoms with E-state index in [-0.39, 0.29) is 0 Å². The van der Waals surface area contributed by atoms with Crippen LogP contribution in [0.5, 0.6) is 0 Å². The van der Waals surface area contributed by atoms with Crippen LogP contribution in [0.4, 0.5) is 0 Å². The lowest BCUT2D eigenvalue weighted by Gasteiger charge is -2.23. The maximum absolute atomic E-state index is 10.8. The molecule has 10 heteroatoms. The fourth-order valence-corrected chi connectivity index (χ4v) is 0.818. The van der Waals surface area contributed by atoms with Crippen molar-refractivity contribution in [2.75, 3.05) is 0 Å². The molecule has 0 bridgehead atoms. The van der Waals surface area contributed by atoms with Gasteiger partial charge in [0, 0.05) is 0 Å². The monoisotopic (exact) mass is 224 g/mol. The molecule has 0 radical (unpaired) electrons. The minimum absolute atomic E-state index is 0.569. The molecule has 0 rings (SSSR count). The van der Waals surface area contributed by atoms with Crippen molar-refractivity contribution < 1.29 is 30.0 Å². The van der Waals surface area contributed by atoms with Gasteiger partial charge in [-0.25, -0.2) is 0 Å². The van der Waals surface area contributed by atoms with Gasteiger partial charge in [0.15, 0.2) is 5.78 Å². The molecule has 0 fully saturated rings. The van der Waals surface area contributed by atoms with Gasteiger partial charge in [-0.3, -0.25) is 25.0 Å². The number of nitro groups is 2. The highest BCUT2D eigenvalue weighted by molar-refractivity contribution is 5.85. The van der Waals surface area contributed by atoms with Crippen molar-refractivity contribution in [3.8, 4) is 0 Å². The van der Waals surface area contributed by atoms with Gasteiger partial charge in [0.1, 0.15) is 0 Å². The molecular weight excluding hydrogens is 216 g/mol. The van der Waals surface area contributed by atoms with Gasteiger partial charge in [-0.2, -0.15) is 0 Å². The van der Waals surface area contributed by atoms with E-state index in [2.05, 4.69) is 0 Å². The van der Waals surface area contributed by atoms with Gasteiger partial charge < -0.3 is 15.3 Å². The molecule has 0 aromatic heterocycles. The molecular formula is C5H8N2O8. The molecule has 0 amide bonds. The molecule has 10 nitrogen and oxygen atoms in total. The highest BCUT2D eigenvalue weighted by Gasteiger charge is 2.61. The van der Waals surface area contributed by atoms with E-state index in [4.69, 9.17) is 10.2 Å². The second kappa shape index (κ2) is 4.25. The Hall–Kier alpha value is -1.65. The van der Waals surface area contributed by atoms with Gasteiger partial charge >= 0.3 is 18.1 Å². The summed E-state index contributed by atoms with van der Waals surface area (Å²) in [5, 5.41) is 47.0. The number of hydrogen-bond acceptors (Lipinski definition) is 8. The molecule has 0 aromatic carbocycles. The minimum atomic E-state index is -3.47. The van der Waals surface area contributed by atoms with Crippen LogP contribution in [0.3, 0.4) is 0 Å². The van der Waals surface area contributed by atoms with Crippen molar-refractivity contribution in [1.29, 1.82) is 0 Å². The molecule has 0 aliphatic rings. The van der Waals surface area contributed by atoms with E-state index < -0.39 is 33.7 Å². The van der Waals surface area contributed by atoms with Gasteiger partial charge in [-0.05, 0) is 6.92 Å². The molecule has 15 heavy (non-hydrogen) atoms. The molecule has 0 heterocycles. The lowest BCUT2D eigenvalue weighted by molar-refractivity contribution is -0.643. The fraction of sp³-hybridized carbons (Fsp3) is 0.800. The average Bonchev–Trinajstić information content (AvgIpc) is 2.13. The highest BCUT2D eigenvalue weighted by Crippen LogP contribution is 2.18. The van der Waals surface area contributed by atoms with Crippen molar-refractivity contribution in [3.05, 3.63) is 20.2 Å². The van der Waals surface area contributed by atoms with E-state index in [0.29, 0.717) is 6.92 Å². The predicted molar refractivity (Wildman–Crippen MR) is 41.6 cm³/mol. The van der Waals surface area contributed by atoms with Gasteiger partial charge in [0.25, 0.3) is 0 Å². The molecule has 86 valence electrons. The number of Topliss-reactive ketones (excluding diaryl/α,β-unsaturated/α-hetero) is 1. The molecule has 3 N–H and O–H groups in total. The maximum atomic E-state index is 10.8. The van der Waals surface area contributed by atoms with Crippen LogP contribution in [0.2, 0.25) is 0 Å². The van der Waals surface area contributed by atoms with Crippen LogP contribution in [0.1, 0.15) is 6.92 Å². The Morgan fingerprint density at radius 2 is 1.47 bits per heavy atom. The Kier molecular flexibility index (Phi) is 3.78. The van der Waals surface area contributed by atoms with Crippen LogP contribution in [0.15, 0.2) is 0 Å². The SMILES string of the molecule is CC(=O)C(O)(C(O)[N+](=O)[O-])C(O)[N+](=O)[O-]. The normalized spacial score (nSPS) is 18.7. The number of aliphatic hydroxyl groups is 3. The minimum Gasteiger partial charge on any atom is -0.366 e. The number of ketones is 1. The van der Waals surface area contributed by atoms with Crippen LogP contribution < -0.4 is 0 Å². The summed E-state index contributed by atoms with van der Waals surface area (Å²) >= 11 is 0. The van der Waals surface area contributed by atoms with E-state index in [9.17, 15) is 30.1 Å². The third kappa shape index (κ3) is 2.23. The first kappa shape index (κ1) is 13.4. The second-order valence-electron chi connectivity index (χ2n) is 2.70. The largest absolute Gasteiger partial charge is 0.366 e. The first-order valence-corrected chi connectivity index (χ1v) is 3.52. The number of hydrogen-bond donors (Lipinski definition) is 3. The fourth-order valence-electron chi connectivity index (χ4n) is 0.818. The quantitative estimate of drug-likeness (QED) is 0.262. The Bertz CT molecular complexity index is 281. The first-order chi connectivity index (χ1) is 6.65. The molecule has 0 aromatic rings. The van der Waals surface area contributed by atoms with Crippen LogP contribution in [0.25, 0.3) is 0 Å². The zero-order valence-electron chi connectivity index (χ0n) is 7.43. The van der Waals surface area contributed by atoms with Crippen LogP contribution in [-0.4, -0.2) is 49.0 Å². The Labute approximate surface area is 82.0 Å². The summed E-state index contributed by atoms with van der Waals surface area (Å²) in [4.78, 5) is 27.9. The Morgan fingerprint density at radius 1 is 1.20 bits per heavy atom. The summed E-state index contributed by atoms with van der Waals surface area (Å²) in [5.74, 6) is -1.49. The summed E-state index contributed by atoms with van der Waals surface area (Å²) in [5.41, 5.74) is -3.47. The predicted octanol–water partition coefficient (Wildman–Crippen LogP) is -2.50. The summed E-state index contributed by atoms with van der Waals surface area (Å²) in [6.07, 6.45) is -5.95. The van der Waals surface area contributed by atoms with Crippen LogP contribution >= 0.6 is 0 Å². The topological polar surface area (TPSA) is 164 Å². The number of carbonyl (C=O) groups excluding carboxylic acids is 1. The van der Waals surface area contributed by atoms with Gasteiger partial charge in [-0.1, -0.05) is 0 Å². The van der Waals surface area contributed by atoms with Crippen LogP contribution in [0, 0.1) is 20.2 Å².